The Labute approximate surface area is 170 Å². The SMILES string of the molecule is CCCCc1ccc([O-])cc1.CCCCc1ccc([O-])cc1.[Ca+2]. The summed E-state index contributed by atoms with van der Waals surface area (Å²) in [7, 11) is 0. The summed E-state index contributed by atoms with van der Waals surface area (Å²) in [6.07, 6.45) is 7.02. The molecule has 0 atom stereocenters. The molecule has 0 spiro atoms. The van der Waals surface area contributed by atoms with E-state index in [2.05, 4.69) is 13.8 Å². The van der Waals surface area contributed by atoms with E-state index in [1.165, 1.54) is 36.8 Å². The predicted octanol–water partition coefficient (Wildman–Crippen LogP) is 3.82. The smallest absolute Gasteiger partial charge is 0.872 e. The van der Waals surface area contributed by atoms with Crippen molar-refractivity contribution in [2.24, 2.45) is 0 Å². The first-order valence-corrected chi connectivity index (χ1v) is 8.17. The predicted molar refractivity (Wildman–Crippen MR) is 94.8 cm³/mol. The number of benzene rings is 2. The molecule has 2 nitrogen and oxygen atoms in total. The van der Waals surface area contributed by atoms with Crippen LogP contribution in [0, 0.1) is 0 Å². The molecule has 23 heavy (non-hydrogen) atoms. The monoisotopic (exact) mass is 338 g/mol. The molecule has 0 saturated carbocycles. The standard InChI is InChI=1S/2C10H14O.Ca/c2*1-2-3-4-9-5-7-10(11)8-6-9;/h2*5-8,11H,2-4H2,1H3;/q;;+2/p-2. The molecule has 0 radical (unpaired) electrons. The summed E-state index contributed by atoms with van der Waals surface area (Å²) in [4.78, 5) is 0. The van der Waals surface area contributed by atoms with Crippen molar-refractivity contribution in [2.45, 2.75) is 52.4 Å². The van der Waals surface area contributed by atoms with Crippen LogP contribution in [0.5, 0.6) is 11.5 Å². The van der Waals surface area contributed by atoms with Gasteiger partial charge in [-0.1, -0.05) is 75.2 Å². The van der Waals surface area contributed by atoms with E-state index in [9.17, 15) is 10.2 Å². The minimum Gasteiger partial charge on any atom is -0.872 e. The second kappa shape index (κ2) is 13.7. The van der Waals surface area contributed by atoms with E-state index >= 15 is 0 Å². The third-order valence-electron chi connectivity index (χ3n) is 3.48. The maximum Gasteiger partial charge on any atom is 2.00 e. The summed E-state index contributed by atoms with van der Waals surface area (Å²) in [6.45, 7) is 4.34. The van der Waals surface area contributed by atoms with E-state index in [1.54, 1.807) is 24.3 Å². The fraction of sp³-hybridized carbons (Fsp3) is 0.400. The van der Waals surface area contributed by atoms with Crippen molar-refractivity contribution in [1.82, 2.24) is 0 Å². The number of aryl methyl sites for hydroxylation is 2. The Balaban J connectivity index is 0.000000403. The summed E-state index contributed by atoms with van der Waals surface area (Å²) in [5, 5.41) is 21.4. The van der Waals surface area contributed by atoms with E-state index in [0.29, 0.717) is 0 Å². The molecule has 120 valence electrons. The van der Waals surface area contributed by atoms with Crippen LogP contribution in [-0.2, 0) is 12.8 Å². The molecule has 0 heterocycles. The van der Waals surface area contributed by atoms with E-state index < -0.39 is 0 Å². The third-order valence-corrected chi connectivity index (χ3v) is 3.48. The summed E-state index contributed by atoms with van der Waals surface area (Å²) < 4.78 is 0. The van der Waals surface area contributed by atoms with Crippen molar-refractivity contribution in [3.8, 4) is 11.5 Å². The summed E-state index contributed by atoms with van der Waals surface area (Å²) in [5.74, 6) is 0.204. The minimum atomic E-state index is 0. The van der Waals surface area contributed by atoms with Gasteiger partial charge in [-0.25, -0.2) is 0 Å². The second-order valence-corrected chi connectivity index (χ2v) is 5.50. The van der Waals surface area contributed by atoms with Gasteiger partial charge in [-0.3, -0.25) is 0 Å². The Kier molecular flexibility index (Phi) is 13.3. The largest absolute Gasteiger partial charge is 2.00 e. The maximum atomic E-state index is 10.7. The van der Waals surface area contributed by atoms with E-state index in [-0.39, 0.29) is 49.2 Å². The molecule has 0 N–H and O–H groups in total. The quantitative estimate of drug-likeness (QED) is 0.752. The van der Waals surface area contributed by atoms with Gasteiger partial charge in [-0.15, -0.1) is 11.5 Å². The Morgan fingerprint density at radius 2 is 0.913 bits per heavy atom. The Bertz CT molecular complexity index is 457. The normalized spacial score (nSPS) is 9.48. The zero-order valence-corrected chi connectivity index (χ0v) is 16.6. The van der Waals surface area contributed by atoms with Crippen molar-refractivity contribution in [1.29, 1.82) is 0 Å². The van der Waals surface area contributed by atoms with Crippen LogP contribution in [0.15, 0.2) is 48.5 Å². The maximum absolute atomic E-state index is 10.7. The van der Waals surface area contributed by atoms with Crippen LogP contribution in [0.2, 0.25) is 0 Å². The number of rotatable bonds is 6. The van der Waals surface area contributed by atoms with E-state index in [0.717, 1.165) is 12.8 Å². The molecule has 2 aromatic rings. The minimum absolute atomic E-state index is 0. The molecule has 0 aliphatic rings. The first kappa shape index (κ1) is 22.3. The van der Waals surface area contributed by atoms with Gasteiger partial charge in [0, 0.05) is 0 Å². The molecule has 0 fully saturated rings. The molecule has 0 aliphatic carbocycles. The molecule has 0 unspecified atom stereocenters. The van der Waals surface area contributed by atoms with Crippen LogP contribution in [0.3, 0.4) is 0 Å². The fourth-order valence-corrected chi connectivity index (χ4v) is 2.07. The van der Waals surface area contributed by atoms with E-state index in [1.807, 2.05) is 24.3 Å². The van der Waals surface area contributed by atoms with Crippen LogP contribution in [0.1, 0.15) is 50.7 Å². The molecule has 0 bridgehead atoms. The van der Waals surface area contributed by atoms with Gasteiger partial charge in [-0.2, -0.15) is 0 Å². The average molecular weight is 339 g/mol. The van der Waals surface area contributed by atoms with Gasteiger partial charge in [-0.05, 0) is 36.8 Å². The van der Waals surface area contributed by atoms with E-state index in [4.69, 9.17) is 0 Å². The fourth-order valence-electron chi connectivity index (χ4n) is 2.07. The van der Waals surface area contributed by atoms with Gasteiger partial charge < -0.3 is 10.2 Å². The zero-order valence-electron chi connectivity index (χ0n) is 14.4. The summed E-state index contributed by atoms with van der Waals surface area (Å²) >= 11 is 0. The van der Waals surface area contributed by atoms with Crippen molar-refractivity contribution in [3.63, 3.8) is 0 Å². The third kappa shape index (κ3) is 10.6. The first-order valence-electron chi connectivity index (χ1n) is 8.17. The number of unbranched alkanes of at least 4 members (excludes halogenated alkanes) is 2. The molecule has 0 saturated heterocycles. The Hall–Kier alpha value is -0.700. The molecular formula is C20H26CaO2. The molecular weight excluding hydrogens is 312 g/mol. The molecule has 2 aromatic carbocycles. The Morgan fingerprint density at radius 3 is 1.17 bits per heavy atom. The molecule has 0 aromatic heterocycles. The van der Waals surface area contributed by atoms with Gasteiger partial charge in [0.25, 0.3) is 0 Å². The van der Waals surface area contributed by atoms with Gasteiger partial charge in [0.2, 0.25) is 0 Å². The molecule has 0 aliphatic heterocycles. The first-order chi connectivity index (χ1) is 10.7. The summed E-state index contributed by atoms with van der Waals surface area (Å²) in [5.41, 5.74) is 2.54. The average Bonchev–Trinajstić information content (AvgIpc) is 2.54. The molecule has 0 amide bonds. The van der Waals surface area contributed by atoms with Crippen LogP contribution >= 0.6 is 0 Å². The van der Waals surface area contributed by atoms with Gasteiger partial charge in [0.05, 0.1) is 0 Å². The van der Waals surface area contributed by atoms with Crippen molar-refractivity contribution in [3.05, 3.63) is 59.7 Å². The molecule has 2 rings (SSSR count). The zero-order chi connectivity index (χ0) is 16.2. The van der Waals surface area contributed by atoms with Gasteiger partial charge in [0.1, 0.15) is 0 Å². The summed E-state index contributed by atoms with van der Waals surface area (Å²) in [6, 6.07) is 14.2. The number of hydrogen-bond acceptors (Lipinski definition) is 2. The second-order valence-electron chi connectivity index (χ2n) is 5.50. The van der Waals surface area contributed by atoms with Crippen molar-refractivity contribution >= 4 is 37.7 Å². The Morgan fingerprint density at radius 1 is 0.609 bits per heavy atom. The van der Waals surface area contributed by atoms with Crippen molar-refractivity contribution < 1.29 is 10.2 Å². The van der Waals surface area contributed by atoms with Crippen LogP contribution < -0.4 is 10.2 Å². The van der Waals surface area contributed by atoms with Gasteiger partial charge in [0.15, 0.2) is 0 Å². The van der Waals surface area contributed by atoms with Crippen LogP contribution in [0.4, 0.5) is 0 Å². The number of hydrogen-bond donors (Lipinski definition) is 0. The van der Waals surface area contributed by atoms with Crippen LogP contribution in [0.25, 0.3) is 0 Å². The van der Waals surface area contributed by atoms with Crippen molar-refractivity contribution in [2.75, 3.05) is 0 Å². The van der Waals surface area contributed by atoms with Gasteiger partial charge >= 0.3 is 37.7 Å². The van der Waals surface area contributed by atoms with Crippen LogP contribution in [-0.4, -0.2) is 37.7 Å². The molecule has 3 heteroatoms. The topological polar surface area (TPSA) is 46.1 Å².